The second-order valence-electron chi connectivity index (χ2n) is 8.23. The largest absolute Gasteiger partial charge is 0.492 e. The molecule has 0 radical (unpaired) electrons. The van der Waals surface area contributed by atoms with Crippen molar-refractivity contribution < 1.29 is 14.1 Å². The van der Waals surface area contributed by atoms with E-state index >= 15 is 0 Å². The van der Waals surface area contributed by atoms with Crippen LogP contribution in [0.5, 0.6) is 5.75 Å². The molecule has 164 valence electrons. The Morgan fingerprint density at radius 3 is 2.68 bits per heavy atom. The molecule has 8 nitrogen and oxygen atoms in total. The minimum absolute atomic E-state index is 0.148. The topological polar surface area (TPSA) is 85.4 Å². The number of hydrogen-bond donors (Lipinski definition) is 1. The molecule has 1 amide bonds. The minimum atomic E-state index is -0.353. The highest BCUT2D eigenvalue weighted by atomic mass is 16.5. The van der Waals surface area contributed by atoms with E-state index in [-0.39, 0.29) is 11.7 Å². The Labute approximate surface area is 182 Å². The van der Waals surface area contributed by atoms with E-state index in [0.29, 0.717) is 18.0 Å². The molecule has 1 aliphatic heterocycles. The number of carbonyl (C=O) groups is 1. The van der Waals surface area contributed by atoms with E-state index in [1.54, 1.807) is 10.7 Å². The van der Waals surface area contributed by atoms with Crippen LogP contribution in [0.25, 0.3) is 11.3 Å². The zero-order valence-corrected chi connectivity index (χ0v) is 18.3. The highest BCUT2D eigenvalue weighted by Crippen LogP contribution is 2.23. The molecule has 8 heteroatoms. The molecular weight excluding hydrogens is 394 g/mol. The van der Waals surface area contributed by atoms with Crippen LogP contribution in [0.1, 0.15) is 36.0 Å². The number of anilines is 1. The standard InChI is InChI=1S/C23H29N5O3/c1-16-8-10-28(11-9-16)12-13-30-19-6-4-18(5-7-19)24-23(29)22-14-21(26-31-22)20-15-27(3)25-17(20)2/h4-7,14-16H,8-13H2,1-3H3,(H,24,29). The molecule has 1 N–H and O–H groups in total. The molecule has 31 heavy (non-hydrogen) atoms. The van der Waals surface area contributed by atoms with Gasteiger partial charge in [-0.1, -0.05) is 12.1 Å². The fraction of sp³-hybridized carbons (Fsp3) is 0.435. The zero-order valence-electron chi connectivity index (χ0n) is 18.3. The Bertz CT molecular complexity index is 1020. The molecule has 0 saturated carbocycles. The van der Waals surface area contributed by atoms with E-state index in [0.717, 1.165) is 42.6 Å². The third-order valence-electron chi connectivity index (χ3n) is 5.69. The van der Waals surface area contributed by atoms with Crippen molar-refractivity contribution in [3.8, 4) is 17.0 Å². The van der Waals surface area contributed by atoms with E-state index in [1.807, 2.05) is 44.4 Å². The number of benzene rings is 1. The maximum absolute atomic E-state index is 12.5. The predicted molar refractivity (Wildman–Crippen MR) is 118 cm³/mol. The molecule has 0 spiro atoms. The molecule has 0 bridgehead atoms. The van der Waals surface area contributed by atoms with Crippen molar-refractivity contribution in [2.75, 3.05) is 31.6 Å². The first-order valence-corrected chi connectivity index (χ1v) is 10.7. The lowest BCUT2D eigenvalue weighted by Gasteiger charge is -2.29. The zero-order chi connectivity index (χ0) is 21.8. The molecule has 1 saturated heterocycles. The molecule has 3 aromatic rings. The van der Waals surface area contributed by atoms with Crippen LogP contribution in [0.3, 0.4) is 0 Å². The smallest absolute Gasteiger partial charge is 0.294 e. The number of aryl methyl sites for hydroxylation is 2. The highest BCUT2D eigenvalue weighted by Gasteiger charge is 2.17. The van der Waals surface area contributed by atoms with Crippen molar-refractivity contribution >= 4 is 11.6 Å². The summed E-state index contributed by atoms with van der Waals surface area (Å²) < 4.78 is 12.8. The van der Waals surface area contributed by atoms with E-state index in [2.05, 4.69) is 27.4 Å². The summed E-state index contributed by atoms with van der Waals surface area (Å²) in [6, 6.07) is 8.98. The van der Waals surface area contributed by atoms with Gasteiger partial charge in [0, 0.05) is 37.1 Å². The van der Waals surface area contributed by atoms with Crippen LogP contribution < -0.4 is 10.1 Å². The molecule has 0 aliphatic carbocycles. The van der Waals surface area contributed by atoms with Gasteiger partial charge in [-0.3, -0.25) is 14.4 Å². The van der Waals surface area contributed by atoms with Crippen LogP contribution in [-0.2, 0) is 7.05 Å². The van der Waals surface area contributed by atoms with Gasteiger partial charge in [-0.15, -0.1) is 0 Å². The number of carbonyl (C=O) groups excluding carboxylic acids is 1. The number of rotatable bonds is 7. The molecule has 0 unspecified atom stereocenters. The molecule has 4 rings (SSSR count). The number of hydrogen-bond acceptors (Lipinski definition) is 6. The summed E-state index contributed by atoms with van der Waals surface area (Å²) in [5, 5.41) is 11.1. The van der Waals surface area contributed by atoms with Crippen LogP contribution in [-0.4, -0.2) is 52.0 Å². The average Bonchev–Trinajstić information content (AvgIpc) is 3.37. The summed E-state index contributed by atoms with van der Waals surface area (Å²) >= 11 is 0. The van der Waals surface area contributed by atoms with Gasteiger partial charge in [-0.05, 0) is 63.0 Å². The number of aromatic nitrogens is 3. The van der Waals surface area contributed by atoms with Crippen LogP contribution in [0.15, 0.2) is 41.1 Å². The van der Waals surface area contributed by atoms with Gasteiger partial charge in [-0.25, -0.2) is 0 Å². The molecule has 0 atom stereocenters. The summed E-state index contributed by atoms with van der Waals surface area (Å²) in [7, 11) is 1.84. The van der Waals surface area contributed by atoms with Gasteiger partial charge in [0.25, 0.3) is 5.91 Å². The highest BCUT2D eigenvalue weighted by molar-refractivity contribution is 6.02. The normalized spacial score (nSPS) is 15.2. The van der Waals surface area contributed by atoms with Gasteiger partial charge in [0.15, 0.2) is 0 Å². The number of likely N-dealkylation sites (tertiary alicyclic amines) is 1. The quantitative estimate of drug-likeness (QED) is 0.623. The first-order valence-electron chi connectivity index (χ1n) is 10.7. The fourth-order valence-electron chi connectivity index (χ4n) is 3.77. The Morgan fingerprint density at radius 1 is 1.26 bits per heavy atom. The summed E-state index contributed by atoms with van der Waals surface area (Å²) in [5.41, 5.74) is 2.92. The Kier molecular flexibility index (Phi) is 6.36. The summed E-state index contributed by atoms with van der Waals surface area (Å²) in [6.45, 7) is 8.11. The van der Waals surface area contributed by atoms with Gasteiger partial charge in [0.05, 0.1) is 5.69 Å². The van der Waals surface area contributed by atoms with Gasteiger partial charge < -0.3 is 14.6 Å². The monoisotopic (exact) mass is 423 g/mol. The molecule has 3 heterocycles. The fourth-order valence-corrected chi connectivity index (χ4v) is 3.77. The predicted octanol–water partition coefficient (Wildman–Crippen LogP) is 3.75. The first kappa shape index (κ1) is 21.1. The van der Waals surface area contributed by atoms with Gasteiger partial charge in [0.1, 0.15) is 18.1 Å². The summed E-state index contributed by atoms with van der Waals surface area (Å²) in [4.78, 5) is 15.0. The number of piperidine rings is 1. The number of ether oxygens (including phenoxy) is 1. The van der Waals surface area contributed by atoms with Crippen molar-refractivity contribution in [2.24, 2.45) is 13.0 Å². The Balaban J connectivity index is 1.28. The summed E-state index contributed by atoms with van der Waals surface area (Å²) in [5.74, 6) is 1.42. The number of nitrogens with zero attached hydrogens (tertiary/aromatic N) is 4. The van der Waals surface area contributed by atoms with E-state index in [1.165, 1.54) is 12.8 Å². The van der Waals surface area contributed by atoms with Crippen molar-refractivity contribution in [1.29, 1.82) is 0 Å². The molecule has 2 aromatic heterocycles. The van der Waals surface area contributed by atoms with E-state index < -0.39 is 0 Å². The van der Waals surface area contributed by atoms with E-state index in [4.69, 9.17) is 9.26 Å². The third kappa shape index (κ3) is 5.32. The SMILES string of the molecule is Cc1nn(C)cc1-c1cc(C(=O)Nc2ccc(OCCN3CCC(C)CC3)cc2)on1. The lowest BCUT2D eigenvalue weighted by molar-refractivity contribution is 0.0988. The van der Waals surface area contributed by atoms with E-state index in [9.17, 15) is 4.79 Å². The van der Waals surface area contributed by atoms with Crippen molar-refractivity contribution in [2.45, 2.75) is 26.7 Å². The van der Waals surface area contributed by atoms with Crippen LogP contribution in [0.2, 0.25) is 0 Å². The molecule has 1 fully saturated rings. The van der Waals surface area contributed by atoms with Gasteiger partial charge >= 0.3 is 0 Å². The third-order valence-corrected chi connectivity index (χ3v) is 5.69. The minimum Gasteiger partial charge on any atom is -0.492 e. The Hall–Kier alpha value is -3.13. The van der Waals surface area contributed by atoms with Crippen LogP contribution >= 0.6 is 0 Å². The number of nitrogens with one attached hydrogen (secondary N) is 1. The molecule has 1 aromatic carbocycles. The van der Waals surface area contributed by atoms with Crippen molar-refractivity contribution in [3.63, 3.8) is 0 Å². The van der Waals surface area contributed by atoms with Crippen LogP contribution in [0.4, 0.5) is 5.69 Å². The average molecular weight is 424 g/mol. The second kappa shape index (κ2) is 9.34. The number of amides is 1. The first-order chi connectivity index (χ1) is 15.0. The molecular formula is C23H29N5O3. The second-order valence-corrected chi connectivity index (χ2v) is 8.23. The molecule has 1 aliphatic rings. The van der Waals surface area contributed by atoms with Gasteiger partial charge in [0.2, 0.25) is 5.76 Å². The lowest BCUT2D eigenvalue weighted by Crippen LogP contribution is -2.35. The van der Waals surface area contributed by atoms with Gasteiger partial charge in [-0.2, -0.15) is 5.10 Å². The lowest BCUT2D eigenvalue weighted by atomic mass is 9.99. The maximum Gasteiger partial charge on any atom is 0.294 e. The maximum atomic E-state index is 12.5. The van der Waals surface area contributed by atoms with Crippen LogP contribution in [0, 0.1) is 12.8 Å². The van der Waals surface area contributed by atoms with Crippen molar-refractivity contribution in [3.05, 3.63) is 48.0 Å². The summed E-state index contributed by atoms with van der Waals surface area (Å²) in [6.07, 6.45) is 4.38. The Morgan fingerprint density at radius 2 is 2.00 bits per heavy atom. The van der Waals surface area contributed by atoms with Crippen molar-refractivity contribution in [1.82, 2.24) is 19.8 Å².